The average Bonchev–Trinajstić information content (AvgIpc) is 2.03. The summed E-state index contributed by atoms with van der Waals surface area (Å²) in [5.41, 5.74) is 0.768. The van der Waals surface area contributed by atoms with Crippen molar-refractivity contribution in [3.63, 3.8) is 0 Å². The number of nitrogens with zero attached hydrogens (tertiary/aromatic N) is 2. The molecule has 1 rings (SSSR count). The van der Waals surface area contributed by atoms with Crippen molar-refractivity contribution in [3.05, 3.63) is 30.1 Å². The molecule has 3 nitrogen and oxygen atoms in total. The van der Waals surface area contributed by atoms with E-state index in [1.54, 1.807) is 18.5 Å². The Labute approximate surface area is 58.9 Å². The van der Waals surface area contributed by atoms with Crippen LogP contribution in [0.1, 0.15) is 5.69 Å². The maximum atomic E-state index is 8.03. The first-order valence-electron chi connectivity index (χ1n) is 2.84. The minimum Gasteiger partial charge on any atom is -0.421 e. The van der Waals surface area contributed by atoms with Gasteiger partial charge in [-0.2, -0.15) is 5.26 Å². The summed E-state index contributed by atoms with van der Waals surface area (Å²) in [4.78, 5) is 3.94. The molecule has 0 spiro atoms. The number of hydrogen-bond acceptors (Lipinski definition) is 3. The van der Waals surface area contributed by atoms with Gasteiger partial charge in [-0.25, -0.2) is 0 Å². The molecule has 0 aliphatic carbocycles. The van der Waals surface area contributed by atoms with E-state index < -0.39 is 0 Å². The van der Waals surface area contributed by atoms with E-state index >= 15 is 0 Å². The van der Waals surface area contributed by atoms with E-state index in [1.807, 2.05) is 12.1 Å². The Bertz CT molecular complexity index is 227. The Morgan fingerprint density at radius 1 is 1.60 bits per heavy atom. The number of ether oxygens (including phenoxy) is 1. The predicted octanol–water partition coefficient (Wildman–Crippen LogP) is 1.08. The van der Waals surface area contributed by atoms with Crippen LogP contribution in [0, 0.1) is 11.5 Å². The molecule has 0 saturated carbocycles. The molecule has 0 aliphatic rings. The van der Waals surface area contributed by atoms with Gasteiger partial charge in [0, 0.05) is 6.20 Å². The summed E-state index contributed by atoms with van der Waals surface area (Å²) in [6, 6.07) is 5.47. The van der Waals surface area contributed by atoms with Crippen LogP contribution in [-0.4, -0.2) is 4.98 Å². The second-order valence-corrected chi connectivity index (χ2v) is 1.70. The molecule has 0 fully saturated rings. The van der Waals surface area contributed by atoms with Crippen LogP contribution in [0.5, 0.6) is 0 Å². The van der Waals surface area contributed by atoms with Gasteiger partial charge in [0.05, 0.1) is 5.69 Å². The maximum Gasteiger partial charge on any atom is 0.286 e. The summed E-state index contributed by atoms with van der Waals surface area (Å²) in [7, 11) is 0. The average molecular weight is 134 g/mol. The highest BCUT2D eigenvalue weighted by molar-refractivity contribution is 5.01. The van der Waals surface area contributed by atoms with Crippen molar-refractivity contribution in [3.8, 4) is 6.26 Å². The zero-order valence-corrected chi connectivity index (χ0v) is 5.32. The number of nitriles is 1. The lowest BCUT2D eigenvalue weighted by atomic mass is 10.4. The van der Waals surface area contributed by atoms with Crippen molar-refractivity contribution in [2.24, 2.45) is 0 Å². The van der Waals surface area contributed by atoms with Crippen molar-refractivity contribution in [2.75, 3.05) is 0 Å². The predicted molar refractivity (Wildman–Crippen MR) is 34.6 cm³/mol. The lowest BCUT2D eigenvalue weighted by Crippen LogP contribution is -1.88. The molecule has 0 radical (unpaired) electrons. The summed E-state index contributed by atoms with van der Waals surface area (Å²) in [5, 5.41) is 8.03. The molecule has 0 bridgehead atoms. The first-order chi connectivity index (χ1) is 4.93. The van der Waals surface area contributed by atoms with Crippen molar-refractivity contribution in [2.45, 2.75) is 6.61 Å². The highest BCUT2D eigenvalue weighted by Gasteiger charge is 1.89. The molecule has 50 valence electrons. The summed E-state index contributed by atoms with van der Waals surface area (Å²) in [6.45, 7) is 0.261. The quantitative estimate of drug-likeness (QED) is 0.568. The van der Waals surface area contributed by atoms with E-state index in [4.69, 9.17) is 5.26 Å². The van der Waals surface area contributed by atoms with Gasteiger partial charge in [-0.05, 0) is 12.1 Å². The zero-order chi connectivity index (χ0) is 7.23. The van der Waals surface area contributed by atoms with Crippen LogP contribution in [0.4, 0.5) is 0 Å². The first kappa shape index (κ1) is 6.56. The third-order valence-corrected chi connectivity index (χ3v) is 1.01. The molecule has 3 heteroatoms. The second kappa shape index (κ2) is 3.46. The minimum absolute atomic E-state index is 0.261. The topological polar surface area (TPSA) is 45.9 Å². The molecular weight excluding hydrogens is 128 g/mol. The van der Waals surface area contributed by atoms with E-state index in [0.29, 0.717) is 0 Å². The van der Waals surface area contributed by atoms with Gasteiger partial charge in [0.25, 0.3) is 6.26 Å². The van der Waals surface area contributed by atoms with Crippen molar-refractivity contribution < 1.29 is 4.74 Å². The number of aromatic nitrogens is 1. The Kier molecular flexibility index (Phi) is 2.27. The molecule has 0 atom stereocenters. The lowest BCUT2D eigenvalue weighted by molar-refractivity contribution is 0.253. The number of hydrogen-bond donors (Lipinski definition) is 0. The third-order valence-electron chi connectivity index (χ3n) is 1.01. The molecule has 0 unspecified atom stereocenters. The standard InChI is InChI=1S/C7H6N2O/c8-6-10-5-7-3-1-2-4-9-7/h1-4H,5H2. The molecule has 0 aromatic carbocycles. The third kappa shape index (κ3) is 1.75. The maximum absolute atomic E-state index is 8.03. The smallest absolute Gasteiger partial charge is 0.286 e. The van der Waals surface area contributed by atoms with E-state index in [0.717, 1.165) is 5.69 Å². The first-order valence-corrected chi connectivity index (χ1v) is 2.84. The van der Waals surface area contributed by atoms with Crippen LogP contribution in [0.3, 0.4) is 0 Å². The van der Waals surface area contributed by atoms with Gasteiger partial charge in [-0.15, -0.1) is 0 Å². The Morgan fingerprint density at radius 2 is 2.50 bits per heavy atom. The molecule has 0 amide bonds. The minimum atomic E-state index is 0.261. The largest absolute Gasteiger partial charge is 0.421 e. The van der Waals surface area contributed by atoms with Crippen LogP contribution in [0.2, 0.25) is 0 Å². The van der Waals surface area contributed by atoms with Gasteiger partial charge >= 0.3 is 0 Å². The van der Waals surface area contributed by atoms with E-state index in [9.17, 15) is 0 Å². The van der Waals surface area contributed by atoms with Crippen LogP contribution in [0.15, 0.2) is 24.4 Å². The van der Waals surface area contributed by atoms with Crippen LogP contribution < -0.4 is 0 Å². The zero-order valence-electron chi connectivity index (χ0n) is 5.32. The molecule has 0 N–H and O–H groups in total. The van der Waals surface area contributed by atoms with Gasteiger partial charge in [0.2, 0.25) is 0 Å². The summed E-state index contributed by atoms with van der Waals surface area (Å²) >= 11 is 0. The molecule has 1 aromatic rings. The van der Waals surface area contributed by atoms with E-state index in [-0.39, 0.29) is 6.61 Å². The van der Waals surface area contributed by atoms with E-state index in [1.165, 1.54) is 0 Å². The highest BCUT2D eigenvalue weighted by atomic mass is 16.5. The monoisotopic (exact) mass is 134 g/mol. The lowest BCUT2D eigenvalue weighted by Gasteiger charge is -1.93. The van der Waals surface area contributed by atoms with Gasteiger partial charge in [-0.3, -0.25) is 4.98 Å². The van der Waals surface area contributed by atoms with Gasteiger partial charge in [-0.1, -0.05) is 6.07 Å². The SMILES string of the molecule is N#COCc1ccccn1. The molecule has 1 aromatic heterocycles. The summed E-state index contributed by atoms with van der Waals surface area (Å²) < 4.78 is 4.46. The Morgan fingerprint density at radius 3 is 3.10 bits per heavy atom. The summed E-state index contributed by atoms with van der Waals surface area (Å²) in [6.07, 6.45) is 3.24. The van der Waals surface area contributed by atoms with E-state index in [2.05, 4.69) is 9.72 Å². The second-order valence-electron chi connectivity index (χ2n) is 1.70. The van der Waals surface area contributed by atoms with Crippen molar-refractivity contribution >= 4 is 0 Å². The normalized spacial score (nSPS) is 8.30. The molecule has 0 saturated heterocycles. The van der Waals surface area contributed by atoms with Gasteiger partial charge in [0.1, 0.15) is 6.61 Å². The molecule has 1 heterocycles. The Hall–Kier alpha value is -1.56. The molecule has 10 heavy (non-hydrogen) atoms. The van der Waals surface area contributed by atoms with Gasteiger partial charge in [0.15, 0.2) is 0 Å². The van der Waals surface area contributed by atoms with Crippen molar-refractivity contribution in [1.82, 2.24) is 4.98 Å². The molecule has 0 aliphatic heterocycles. The van der Waals surface area contributed by atoms with Gasteiger partial charge < -0.3 is 4.74 Å². The number of pyridine rings is 1. The number of rotatable bonds is 2. The highest BCUT2D eigenvalue weighted by Crippen LogP contribution is 1.93. The summed E-state index contributed by atoms with van der Waals surface area (Å²) in [5.74, 6) is 0. The molecular formula is C7H6N2O. The fourth-order valence-corrected chi connectivity index (χ4v) is 0.590. The van der Waals surface area contributed by atoms with Crippen LogP contribution in [-0.2, 0) is 11.3 Å². The van der Waals surface area contributed by atoms with Crippen LogP contribution >= 0.6 is 0 Å². The fraction of sp³-hybridized carbons (Fsp3) is 0.143. The van der Waals surface area contributed by atoms with Crippen molar-refractivity contribution in [1.29, 1.82) is 5.26 Å². The van der Waals surface area contributed by atoms with Crippen LogP contribution in [0.25, 0.3) is 0 Å². The Balaban J connectivity index is 2.52. The fourth-order valence-electron chi connectivity index (χ4n) is 0.590.